The van der Waals surface area contributed by atoms with Gasteiger partial charge in [0.2, 0.25) is 0 Å². The largest absolute Gasteiger partial charge is 0.393 e. The molecular formula is C32H35ClN2O3S. The van der Waals surface area contributed by atoms with E-state index in [4.69, 9.17) is 16.6 Å². The quantitative estimate of drug-likeness (QED) is 0.200. The van der Waals surface area contributed by atoms with Gasteiger partial charge in [0.15, 0.2) is 5.78 Å². The molecule has 0 aliphatic carbocycles. The predicted molar refractivity (Wildman–Crippen MR) is 162 cm³/mol. The van der Waals surface area contributed by atoms with Crippen LogP contribution in [0.15, 0.2) is 58.7 Å². The van der Waals surface area contributed by atoms with Crippen LogP contribution in [0.2, 0.25) is 5.02 Å². The summed E-state index contributed by atoms with van der Waals surface area (Å²) in [7, 11) is 0. The molecule has 39 heavy (non-hydrogen) atoms. The fourth-order valence-electron chi connectivity index (χ4n) is 4.93. The van der Waals surface area contributed by atoms with Gasteiger partial charge in [0.1, 0.15) is 5.01 Å². The summed E-state index contributed by atoms with van der Waals surface area (Å²) in [6, 6.07) is 15.3. The van der Waals surface area contributed by atoms with Crippen molar-refractivity contribution in [3.05, 3.63) is 91.7 Å². The van der Waals surface area contributed by atoms with Crippen molar-refractivity contribution in [3.63, 3.8) is 0 Å². The zero-order chi connectivity index (χ0) is 28.3. The van der Waals surface area contributed by atoms with Gasteiger partial charge in [-0.15, -0.1) is 11.3 Å². The number of aliphatic hydroxyl groups is 1. The number of hydrogen-bond acceptors (Lipinski definition) is 5. The molecule has 0 fully saturated rings. The third-order valence-corrected chi connectivity index (χ3v) is 8.07. The van der Waals surface area contributed by atoms with Crippen molar-refractivity contribution < 1.29 is 9.90 Å². The van der Waals surface area contributed by atoms with Crippen LogP contribution in [0.5, 0.6) is 0 Å². The number of nitrogens with zero attached hydrogens (tertiary/aromatic N) is 2. The highest BCUT2D eigenvalue weighted by Gasteiger charge is 2.26. The Bertz CT molecular complexity index is 1510. The third kappa shape index (κ3) is 6.08. The smallest absolute Gasteiger partial charge is 0.265 e. The van der Waals surface area contributed by atoms with Crippen LogP contribution in [0.4, 0.5) is 0 Å². The Hall–Kier alpha value is -3.06. The molecule has 7 heteroatoms. The highest BCUT2D eigenvalue weighted by atomic mass is 35.5. The lowest BCUT2D eigenvalue weighted by Gasteiger charge is -2.24. The molecule has 0 spiro atoms. The van der Waals surface area contributed by atoms with Crippen molar-refractivity contribution >= 4 is 28.7 Å². The predicted octanol–water partition coefficient (Wildman–Crippen LogP) is 7.87. The molecule has 5 nitrogen and oxygen atoms in total. The van der Waals surface area contributed by atoms with E-state index in [0.29, 0.717) is 33.3 Å². The van der Waals surface area contributed by atoms with Gasteiger partial charge >= 0.3 is 0 Å². The number of aliphatic hydroxyl groups excluding tert-OH is 1. The number of hydrogen-bond donors (Lipinski definition) is 1. The monoisotopic (exact) mass is 562 g/mol. The first-order chi connectivity index (χ1) is 18.7. The molecule has 0 aliphatic rings. The number of aryl methyl sites for hydroxylation is 2. The zero-order valence-corrected chi connectivity index (χ0v) is 24.7. The molecule has 0 saturated carbocycles. The molecule has 0 saturated heterocycles. The van der Waals surface area contributed by atoms with Crippen molar-refractivity contribution in [2.45, 2.75) is 72.3 Å². The van der Waals surface area contributed by atoms with Gasteiger partial charge in [-0.2, -0.15) is 0 Å². The van der Waals surface area contributed by atoms with Crippen LogP contribution in [0.1, 0.15) is 80.6 Å². The number of benzene rings is 2. The fraction of sp³-hybridized carbons (Fsp3) is 0.344. The molecule has 1 N–H and O–H groups in total. The number of aromatic nitrogens is 2. The van der Waals surface area contributed by atoms with Gasteiger partial charge in [0, 0.05) is 33.6 Å². The maximum absolute atomic E-state index is 14.4. The van der Waals surface area contributed by atoms with E-state index < -0.39 is 6.10 Å². The molecule has 1 atom stereocenters. The molecule has 4 aromatic rings. The Labute approximate surface area is 239 Å². The van der Waals surface area contributed by atoms with Crippen LogP contribution in [-0.2, 0) is 12.8 Å². The Morgan fingerprint density at radius 1 is 1.05 bits per heavy atom. The summed E-state index contributed by atoms with van der Waals surface area (Å²) in [6.45, 7) is 9.87. The topological polar surface area (TPSA) is 72.2 Å². The van der Waals surface area contributed by atoms with Gasteiger partial charge in [-0.1, -0.05) is 69.6 Å². The van der Waals surface area contributed by atoms with Crippen molar-refractivity contribution in [1.29, 1.82) is 0 Å². The number of carbonyl (C=O) groups is 1. The standard InChI is InChI=1S/C32H35ClN2O3S/c1-6-21-9-8-10-22(7-2)30(21)35-29(19(3)4)25(28(37)16-11-20(5)36)17-26(32(35)38)31-34-27(18-39-31)23-12-14-24(33)15-13-23/h8-10,12-15,17-20,36H,6-7,11,16H2,1-5H3/t20-/m1/s1. The second-order valence-corrected chi connectivity index (χ2v) is 11.4. The molecule has 0 unspecified atom stereocenters. The van der Waals surface area contributed by atoms with Crippen LogP contribution < -0.4 is 5.56 Å². The summed E-state index contributed by atoms with van der Waals surface area (Å²) >= 11 is 7.45. The third-order valence-electron chi connectivity index (χ3n) is 6.94. The molecular weight excluding hydrogens is 528 g/mol. The SMILES string of the molecule is CCc1cccc(CC)c1-n1c(C(C)C)c(C(=O)CC[C@@H](C)O)cc(-c2nc(-c3ccc(Cl)cc3)cs2)c1=O. The van der Waals surface area contributed by atoms with E-state index in [0.717, 1.165) is 40.9 Å². The lowest BCUT2D eigenvalue weighted by Crippen LogP contribution is -2.29. The van der Waals surface area contributed by atoms with Crippen LogP contribution in [-0.4, -0.2) is 26.5 Å². The maximum Gasteiger partial charge on any atom is 0.265 e. The van der Waals surface area contributed by atoms with E-state index in [1.165, 1.54) is 11.3 Å². The van der Waals surface area contributed by atoms with Gasteiger partial charge in [-0.3, -0.25) is 14.2 Å². The number of carbonyl (C=O) groups excluding carboxylic acids is 1. The molecule has 2 aromatic carbocycles. The van der Waals surface area contributed by atoms with Gasteiger partial charge in [-0.05, 0) is 61.4 Å². The Morgan fingerprint density at radius 3 is 2.26 bits per heavy atom. The second-order valence-electron chi connectivity index (χ2n) is 10.1. The van der Waals surface area contributed by atoms with E-state index in [1.807, 2.05) is 49.6 Å². The molecule has 0 aliphatic heterocycles. The number of ketones is 1. The van der Waals surface area contributed by atoms with Crippen LogP contribution in [0, 0.1) is 0 Å². The minimum Gasteiger partial charge on any atom is -0.393 e. The maximum atomic E-state index is 14.4. The number of halogens is 1. The normalized spacial score (nSPS) is 12.2. The highest BCUT2D eigenvalue weighted by molar-refractivity contribution is 7.13. The molecule has 4 rings (SSSR count). The highest BCUT2D eigenvalue weighted by Crippen LogP contribution is 2.33. The molecule has 204 valence electrons. The number of Topliss-reactive ketones (excluding diaryl/α,β-unsaturated/α-hetero) is 1. The Kier molecular flexibility index (Phi) is 9.21. The first kappa shape index (κ1) is 28.9. The van der Waals surface area contributed by atoms with Crippen molar-refractivity contribution in [2.24, 2.45) is 0 Å². The van der Waals surface area contributed by atoms with Crippen LogP contribution >= 0.6 is 22.9 Å². The molecule has 0 amide bonds. The zero-order valence-electron chi connectivity index (χ0n) is 23.1. The molecule has 2 aromatic heterocycles. The molecule has 2 heterocycles. The summed E-state index contributed by atoms with van der Waals surface area (Å²) in [4.78, 5) is 32.9. The summed E-state index contributed by atoms with van der Waals surface area (Å²) in [6.07, 6.45) is 1.46. The lowest BCUT2D eigenvalue weighted by atomic mass is 9.93. The fourth-order valence-corrected chi connectivity index (χ4v) is 5.89. The number of rotatable bonds is 10. The second kappa shape index (κ2) is 12.4. The van der Waals surface area contributed by atoms with Crippen molar-refractivity contribution in [3.8, 4) is 27.5 Å². The van der Waals surface area contributed by atoms with Gasteiger partial charge < -0.3 is 5.11 Å². The van der Waals surface area contributed by atoms with Crippen molar-refractivity contribution in [2.75, 3.05) is 0 Å². The van der Waals surface area contributed by atoms with E-state index in [-0.39, 0.29) is 23.7 Å². The number of pyridine rings is 1. The van der Waals surface area contributed by atoms with Crippen molar-refractivity contribution in [1.82, 2.24) is 9.55 Å². The number of thiazole rings is 1. The average Bonchev–Trinajstić information content (AvgIpc) is 3.41. The minimum atomic E-state index is -0.588. The van der Waals surface area contributed by atoms with Gasteiger partial charge in [-0.25, -0.2) is 4.98 Å². The summed E-state index contributed by atoms with van der Waals surface area (Å²) < 4.78 is 1.77. The lowest BCUT2D eigenvalue weighted by molar-refractivity contribution is 0.0947. The summed E-state index contributed by atoms with van der Waals surface area (Å²) in [5.41, 5.74) is 6.04. The Morgan fingerprint density at radius 2 is 1.69 bits per heavy atom. The van der Waals surface area contributed by atoms with Crippen LogP contribution in [0.3, 0.4) is 0 Å². The Balaban J connectivity index is 2.03. The van der Waals surface area contributed by atoms with E-state index in [2.05, 4.69) is 26.0 Å². The number of para-hydroxylation sites is 1. The average molecular weight is 563 g/mol. The first-order valence-corrected chi connectivity index (χ1v) is 14.8. The van der Waals surface area contributed by atoms with Gasteiger partial charge in [0.25, 0.3) is 5.56 Å². The van der Waals surface area contributed by atoms with E-state index in [1.54, 1.807) is 17.6 Å². The molecule has 0 bridgehead atoms. The van der Waals surface area contributed by atoms with E-state index in [9.17, 15) is 14.7 Å². The minimum absolute atomic E-state index is 0.0869. The van der Waals surface area contributed by atoms with Gasteiger partial charge in [0.05, 0.1) is 23.0 Å². The first-order valence-electron chi connectivity index (χ1n) is 13.5. The van der Waals surface area contributed by atoms with Crippen LogP contribution in [0.25, 0.3) is 27.5 Å². The summed E-state index contributed by atoms with van der Waals surface area (Å²) in [5.74, 6) is -0.177. The van der Waals surface area contributed by atoms with E-state index >= 15 is 0 Å². The molecule has 0 radical (unpaired) electrons. The summed E-state index contributed by atoms with van der Waals surface area (Å²) in [5, 5.41) is 13.0.